The Morgan fingerprint density at radius 2 is 2.41 bits per heavy atom. The molecule has 1 atom stereocenters. The lowest BCUT2D eigenvalue weighted by molar-refractivity contribution is 0.385. The van der Waals surface area contributed by atoms with Crippen molar-refractivity contribution >= 4 is 5.82 Å². The molecule has 1 aromatic rings. The van der Waals surface area contributed by atoms with Gasteiger partial charge in [-0.2, -0.15) is 4.98 Å². The third kappa shape index (κ3) is 3.09. The van der Waals surface area contributed by atoms with Gasteiger partial charge >= 0.3 is 0 Å². The van der Waals surface area contributed by atoms with E-state index in [2.05, 4.69) is 9.88 Å². The summed E-state index contributed by atoms with van der Waals surface area (Å²) >= 11 is 0. The van der Waals surface area contributed by atoms with Crippen molar-refractivity contribution in [2.45, 2.75) is 19.3 Å². The van der Waals surface area contributed by atoms with Crippen molar-refractivity contribution in [2.75, 3.05) is 31.6 Å². The van der Waals surface area contributed by atoms with Gasteiger partial charge in [-0.25, -0.2) is 0 Å². The normalized spacial score (nSPS) is 20.4. The molecular formula is C13H21N3O. The van der Waals surface area contributed by atoms with Crippen LogP contribution >= 0.6 is 0 Å². The number of hydrogen-bond acceptors (Lipinski definition) is 4. The van der Waals surface area contributed by atoms with Crippen LogP contribution in [0.3, 0.4) is 0 Å². The zero-order chi connectivity index (χ0) is 12.1. The standard InChI is InChI=1S/C13H21N3O/c1-17-13-6-2-5-12(15-13)16-9-3-4-11(10-16)7-8-14/h2,5-6,11H,3-4,7-10,14H2,1H3. The van der Waals surface area contributed by atoms with E-state index < -0.39 is 0 Å². The first-order valence-corrected chi connectivity index (χ1v) is 6.29. The topological polar surface area (TPSA) is 51.4 Å². The van der Waals surface area contributed by atoms with Crippen molar-refractivity contribution in [1.82, 2.24) is 4.98 Å². The van der Waals surface area contributed by atoms with Crippen LogP contribution in [-0.2, 0) is 0 Å². The molecule has 1 saturated heterocycles. The van der Waals surface area contributed by atoms with E-state index in [1.807, 2.05) is 18.2 Å². The summed E-state index contributed by atoms with van der Waals surface area (Å²) in [6, 6.07) is 5.92. The lowest BCUT2D eigenvalue weighted by atomic mass is 9.95. The van der Waals surface area contributed by atoms with E-state index in [-0.39, 0.29) is 0 Å². The number of pyridine rings is 1. The van der Waals surface area contributed by atoms with Gasteiger partial charge in [0.2, 0.25) is 5.88 Å². The minimum Gasteiger partial charge on any atom is -0.481 e. The fourth-order valence-corrected chi connectivity index (χ4v) is 2.44. The molecule has 1 aliphatic rings. The Hall–Kier alpha value is -1.29. The van der Waals surface area contributed by atoms with Crippen molar-refractivity contribution in [3.05, 3.63) is 18.2 Å². The van der Waals surface area contributed by atoms with Gasteiger partial charge in [0.25, 0.3) is 0 Å². The number of hydrogen-bond donors (Lipinski definition) is 1. The van der Waals surface area contributed by atoms with Gasteiger partial charge in [0.05, 0.1) is 7.11 Å². The molecule has 1 unspecified atom stereocenters. The number of piperidine rings is 1. The summed E-state index contributed by atoms with van der Waals surface area (Å²) in [5, 5.41) is 0. The number of nitrogens with two attached hydrogens (primary N) is 1. The molecule has 1 aliphatic heterocycles. The Kier molecular flexibility index (Phi) is 4.20. The second-order valence-electron chi connectivity index (χ2n) is 4.57. The average Bonchev–Trinajstić information content (AvgIpc) is 2.40. The maximum Gasteiger partial charge on any atom is 0.214 e. The van der Waals surface area contributed by atoms with Gasteiger partial charge in [0, 0.05) is 19.2 Å². The van der Waals surface area contributed by atoms with Gasteiger partial charge in [-0.05, 0) is 37.8 Å². The van der Waals surface area contributed by atoms with E-state index in [0.717, 1.165) is 31.9 Å². The van der Waals surface area contributed by atoms with Crippen molar-refractivity contribution in [3.63, 3.8) is 0 Å². The van der Waals surface area contributed by atoms with E-state index in [9.17, 15) is 0 Å². The largest absolute Gasteiger partial charge is 0.481 e. The van der Waals surface area contributed by atoms with E-state index in [0.29, 0.717) is 11.8 Å². The second-order valence-corrected chi connectivity index (χ2v) is 4.57. The highest BCUT2D eigenvalue weighted by atomic mass is 16.5. The van der Waals surface area contributed by atoms with Gasteiger partial charge in [-0.1, -0.05) is 6.07 Å². The third-order valence-electron chi connectivity index (χ3n) is 3.34. The molecule has 17 heavy (non-hydrogen) atoms. The fourth-order valence-electron chi connectivity index (χ4n) is 2.44. The highest BCUT2D eigenvalue weighted by molar-refractivity contribution is 5.41. The van der Waals surface area contributed by atoms with Crippen molar-refractivity contribution in [1.29, 1.82) is 0 Å². The Morgan fingerprint density at radius 3 is 3.18 bits per heavy atom. The van der Waals surface area contributed by atoms with Crippen LogP contribution in [-0.4, -0.2) is 31.7 Å². The maximum absolute atomic E-state index is 5.63. The molecule has 1 fully saturated rings. The van der Waals surface area contributed by atoms with Crippen LogP contribution in [0.25, 0.3) is 0 Å². The van der Waals surface area contributed by atoms with Crippen molar-refractivity contribution in [3.8, 4) is 5.88 Å². The SMILES string of the molecule is COc1cccc(N2CCCC(CCN)C2)n1. The smallest absolute Gasteiger partial charge is 0.214 e. The molecule has 1 aromatic heterocycles. The Morgan fingerprint density at radius 1 is 1.53 bits per heavy atom. The quantitative estimate of drug-likeness (QED) is 0.862. The molecule has 0 bridgehead atoms. The number of nitrogens with zero attached hydrogens (tertiary/aromatic N) is 2. The summed E-state index contributed by atoms with van der Waals surface area (Å²) in [5.74, 6) is 2.41. The van der Waals surface area contributed by atoms with Crippen LogP contribution in [0.1, 0.15) is 19.3 Å². The Bertz CT molecular complexity index is 354. The molecule has 2 rings (SSSR count). The van der Waals surface area contributed by atoms with E-state index >= 15 is 0 Å². The summed E-state index contributed by atoms with van der Waals surface area (Å²) in [5.41, 5.74) is 5.63. The molecule has 94 valence electrons. The number of anilines is 1. The molecule has 0 amide bonds. The molecule has 4 heteroatoms. The predicted molar refractivity (Wildman–Crippen MR) is 69.4 cm³/mol. The monoisotopic (exact) mass is 235 g/mol. The first-order valence-electron chi connectivity index (χ1n) is 6.29. The summed E-state index contributed by atoms with van der Waals surface area (Å²) in [7, 11) is 1.65. The highest BCUT2D eigenvalue weighted by Crippen LogP contribution is 2.24. The zero-order valence-corrected chi connectivity index (χ0v) is 10.4. The van der Waals surface area contributed by atoms with Crippen LogP contribution in [0.2, 0.25) is 0 Å². The number of rotatable bonds is 4. The second kappa shape index (κ2) is 5.87. The molecule has 0 aliphatic carbocycles. The summed E-state index contributed by atoms with van der Waals surface area (Å²) in [4.78, 5) is 6.82. The first-order chi connectivity index (χ1) is 8.33. The van der Waals surface area contributed by atoms with E-state index in [4.69, 9.17) is 10.5 Å². The van der Waals surface area contributed by atoms with Crippen LogP contribution < -0.4 is 15.4 Å². The molecule has 2 N–H and O–H groups in total. The highest BCUT2D eigenvalue weighted by Gasteiger charge is 2.20. The summed E-state index contributed by atoms with van der Waals surface area (Å²) < 4.78 is 5.16. The van der Waals surface area contributed by atoms with Crippen LogP contribution in [0.5, 0.6) is 5.88 Å². The number of ether oxygens (including phenoxy) is 1. The Labute approximate surface area is 103 Å². The van der Waals surface area contributed by atoms with Crippen LogP contribution in [0, 0.1) is 5.92 Å². The molecule has 0 radical (unpaired) electrons. The van der Waals surface area contributed by atoms with E-state index in [1.54, 1.807) is 7.11 Å². The Balaban J connectivity index is 2.05. The van der Waals surface area contributed by atoms with Crippen molar-refractivity contribution < 1.29 is 4.74 Å². The molecule has 0 saturated carbocycles. The molecule has 2 heterocycles. The maximum atomic E-state index is 5.63. The van der Waals surface area contributed by atoms with Gasteiger partial charge < -0.3 is 15.4 Å². The molecule has 0 spiro atoms. The lowest BCUT2D eigenvalue weighted by Gasteiger charge is -2.33. The third-order valence-corrected chi connectivity index (χ3v) is 3.34. The minimum absolute atomic E-state index is 0.684. The average molecular weight is 235 g/mol. The zero-order valence-electron chi connectivity index (χ0n) is 10.4. The van der Waals surface area contributed by atoms with Crippen molar-refractivity contribution in [2.24, 2.45) is 11.7 Å². The number of methoxy groups -OCH3 is 1. The number of aromatic nitrogens is 1. The van der Waals surface area contributed by atoms with Gasteiger partial charge in [-0.15, -0.1) is 0 Å². The lowest BCUT2D eigenvalue weighted by Crippen LogP contribution is -2.36. The van der Waals surface area contributed by atoms with E-state index in [1.165, 1.54) is 12.8 Å². The summed E-state index contributed by atoms with van der Waals surface area (Å²) in [6.07, 6.45) is 3.63. The predicted octanol–water partition coefficient (Wildman–Crippen LogP) is 1.66. The first kappa shape index (κ1) is 12.2. The van der Waals surface area contributed by atoms with Crippen LogP contribution in [0.15, 0.2) is 18.2 Å². The molecular weight excluding hydrogens is 214 g/mol. The summed E-state index contributed by atoms with van der Waals surface area (Å²) in [6.45, 7) is 2.93. The van der Waals surface area contributed by atoms with Gasteiger partial charge in [0.15, 0.2) is 0 Å². The van der Waals surface area contributed by atoms with Gasteiger partial charge in [0.1, 0.15) is 5.82 Å². The fraction of sp³-hybridized carbons (Fsp3) is 0.615. The minimum atomic E-state index is 0.684. The van der Waals surface area contributed by atoms with Gasteiger partial charge in [-0.3, -0.25) is 0 Å². The van der Waals surface area contributed by atoms with Crippen LogP contribution in [0.4, 0.5) is 5.82 Å². The molecule has 4 nitrogen and oxygen atoms in total. The molecule has 0 aromatic carbocycles.